The summed E-state index contributed by atoms with van der Waals surface area (Å²) in [4.78, 5) is 13.2. The molecule has 4 nitrogen and oxygen atoms in total. The van der Waals surface area contributed by atoms with E-state index in [1.807, 2.05) is 60.8 Å². The van der Waals surface area contributed by atoms with Crippen molar-refractivity contribution in [3.05, 3.63) is 138 Å². The van der Waals surface area contributed by atoms with Gasteiger partial charge in [0.25, 0.3) is 0 Å². The fourth-order valence-electron chi connectivity index (χ4n) is 5.20. The Morgan fingerprint density at radius 1 is 0.851 bits per heavy atom. The summed E-state index contributed by atoms with van der Waals surface area (Å²) in [5, 5.41) is 1.80. The van der Waals surface area contributed by atoms with Gasteiger partial charge in [-0.2, -0.15) is 0 Å². The molecule has 7 aromatic rings. The van der Waals surface area contributed by atoms with Crippen LogP contribution in [0.15, 0.2) is 108 Å². The number of benzene rings is 3. The van der Waals surface area contributed by atoms with Crippen molar-refractivity contribution in [2.24, 2.45) is 5.92 Å². The van der Waals surface area contributed by atoms with Gasteiger partial charge in [-0.1, -0.05) is 99.6 Å². The van der Waals surface area contributed by atoms with Crippen LogP contribution in [0.2, 0.25) is 0 Å². The Bertz CT molecular complexity index is 2360. The average Bonchev–Trinajstić information content (AvgIpc) is 3.53. The molecule has 1 radical (unpaired) electrons. The zero-order chi connectivity index (χ0) is 38.1. The molecule has 0 fully saturated rings. The van der Waals surface area contributed by atoms with E-state index in [1.165, 1.54) is 17.8 Å². The second-order valence-electron chi connectivity index (χ2n) is 12.1. The van der Waals surface area contributed by atoms with E-state index in [2.05, 4.69) is 66.9 Å². The molecule has 4 heterocycles. The Morgan fingerprint density at radius 3 is 2.43 bits per heavy atom. The third-order valence-corrected chi connectivity index (χ3v) is 8.63. The average molecular weight is 801 g/mol. The largest absolute Gasteiger partial charge is 0.486 e. The van der Waals surface area contributed by atoms with Gasteiger partial charge in [-0.25, -0.2) is 4.98 Å². The summed E-state index contributed by atoms with van der Waals surface area (Å²) in [7, 11) is 0. The third kappa shape index (κ3) is 7.12. The van der Waals surface area contributed by atoms with E-state index in [0.717, 1.165) is 33.2 Å². The summed E-state index contributed by atoms with van der Waals surface area (Å²) in [5.41, 5.74) is 8.09. The van der Waals surface area contributed by atoms with Crippen LogP contribution in [0, 0.1) is 38.7 Å². The SMILES string of the molecule is [2H]C([2H])c1c[c-]c(-c2ccc(C([2H])([2H])[2H])cn2)cc1-c1ccccc1.[2H]C([2H])c1ccc2c(n1)oc1c(-c3cc(C(C)(C)C(C)C)ccn3)[c-]ccc12.[Ir]. The standard InChI is InChI=1S/C23H23N2O.C19H16N.Ir/c1-14(2)23(4,5)16-11-12-24-20(13-16)19-8-6-7-17-18-10-9-15(3)25-22(18)26-21(17)19;1-14-8-11-19(20-13-14)17-10-9-15(2)18(12-17)16-6-4-3-5-7-16;/h6-7,9-14H,1-5H3;3-9,11-13H,1-2H3;/q2*-1;/i3D2;1D3,2D2;. The quantitative estimate of drug-likeness (QED) is 0.163. The second-order valence-corrected chi connectivity index (χ2v) is 12.1. The van der Waals surface area contributed by atoms with Gasteiger partial charge in [-0.3, -0.25) is 0 Å². The monoisotopic (exact) mass is 801 g/mol. The van der Waals surface area contributed by atoms with Gasteiger partial charge in [0, 0.05) is 53.2 Å². The van der Waals surface area contributed by atoms with Crippen LogP contribution in [-0.2, 0) is 25.5 Å². The van der Waals surface area contributed by atoms with Crippen LogP contribution in [0.1, 0.15) is 59.7 Å². The number of aryl methyl sites for hydroxylation is 3. The summed E-state index contributed by atoms with van der Waals surface area (Å²) in [6, 6.07) is 34.2. The molecule has 5 heteroatoms. The molecule has 0 saturated carbocycles. The third-order valence-electron chi connectivity index (χ3n) is 8.63. The van der Waals surface area contributed by atoms with E-state index in [4.69, 9.17) is 14.0 Å². The predicted molar refractivity (Wildman–Crippen MR) is 190 cm³/mol. The summed E-state index contributed by atoms with van der Waals surface area (Å²) < 4.78 is 58.9. The topological polar surface area (TPSA) is 51.8 Å². The first-order valence-electron chi connectivity index (χ1n) is 18.9. The molecule has 0 aliphatic heterocycles. The Balaban J connectivity index is 0.000000205. The van der Waals surface area contributed by atoms with Gasteiger partial charge in [-0.15, -0.1) is 47.5 Å². The smallest absolute Gasteiger partial charge is 0.216 e. The molecule has 0 atom stereocenters. The fourth-order valence-corrected chi connectivity index (χ4v) is 5.20. The number of rotatable bonds is 5. The summed E-state index contributed by atoms with van der Waals surface area (Å²) in [6.45, 7) is 4.49. The molecule has 239 valence electrons. The molecule has 0 unspecified atom stereocenters. The van der Waals surface area contributed by atoms with Crippen molar-refractivity contribution in [1.82, 2.24) is 15.0 Å². The van der Waals surface area contributed by atoms with E-state index in [-0.39, 0.29) is 31.1 Å². The van der Waals surface area contributed by atoms with Gasteiger partial charge >= 0.3 is 0 Å². The molecule has 0 spiro atoms. The van der Waals surface area contributed by atoms with Crippen molar-refractivity contribution in [3.8, 4) is 33.6 Å². The molecular weight excluding hydrogens is 755 g/mol. The molecule has 3 aromatic carbocycles. The van der Waals surface area contributed by atoms with E-state index in [1.54, 1.807) is 18.2 Å². The van der Waals surface area contributed by atoms with Crippen LogP contribution >= 0.6 is 0 Å². The minimum atomic E-state index is -2.18. The Labute approximate surface area is 301 Å². The second kappa shape index (κ2) is 14.1. The Kier molecular flexibility index (Phi) is 7.70. The van der Waals surface area contributed by atoms with Gasteiger partial charge in [0.05, 0.1) is 5.58 Å². The van der Waals surface area contributed by atoms with Crippen LogP contribution in [0.5, 0.6) is 0 Å². The van der Waals surface area contributed by atoms with Crippen LogP contribution in [0.25, 0.3) is 55.7 Å². The molecule has 47 heavy (non-hydrogen) atoms. The van der Waals surface area contributed by atoms with Gasteiger partial charge in [0.15, 0.2) is 0 Å². The van der Waals surface area contributed by atoms with Crippen LogP contribution < -0.4 is 0 Å². The van der Waals surface area contributed by atoms with Crippen molar-refractivity contribution < 1.29 is 34.1 Å². The maximum absolute atomic E-state index is 7.75. The first kappa shape index (κ1) is 25.6. The minimum Gasteiger partial charge on any atom is -0.486 e. The number of pyridine rings is 3. The number of hydrogen-bond acceptors (Lipinski definition) is 4. The summed E-state index contributed by atoms with van der Waals surface area (Å²) >= 11 is 0. The van der Waals surface area contributed by atoms with Crippen molar-refractivity contribution in [2.75, 3.05) is 0 Å². The van der Waals surface area contributed by atoms with E-state index >= 15 is 0 Å². The molecule has 0 aliphatic rings. The number of nitrogens with zero attached hydrogens (tertiary/aromatic N) is 3. The van der Waals surface area contributed by atoms with Crippen LogP contribution in [0.4, 0.5) is 0 Å². The molecular formula is C42H39IrN3O-2. The number of furan rings is 1. The summed E-state index contributed by atoms with van der Waals surface area (Å²) in [6.07, 6.45) is 3.19. The molecule has 7 rings (SSSR count). The maximum Gasteiger partial charge on any atom is 0.216 e. The first-order valence-corrected chi connectivity index (χ1v) is 15.1. The number of aromatic nitrogens is 3. The van der Waals surface area contributed by atoms with Crippen molar-refractivity contribution >= 4 is 22.1 Å². The zero-order valence-electron chi connectivity index (χ0n) is 33.6. The normalized spacial score (nSPS) is 13.9. The van der Waals surface area contributed by atoms with E-state index in [0.29, 0.717) is 39.7 Å². The van der Waals surface area contributed by atoms with Gasteiger partial charge in [0.2, 0.25) is 5.71 Å². The van der Waals surface area contributed by atoms with E-state index in [9.17, 15) is 0 Å². The van der Waals surface area contributed by atoms with Gasteiger partial charge in [0.1, 0.15) is 0 Å². The minimum absolute atomic E-state index is 0. The van der Waals surface area contributed by atoms with Gasteiger partial charge in [-0.05, 0) is 71.3 Å². The summed E-state index contributed by atoms with van der Waals surface area (Å²) in [5.74, 6) is 0.485. The zero-order valence-corrected chi connectivity index (χ0v) is 29.0. The fraction of sp³-hybridized carbons (Fsp3) is 0.214. The van der Waals surface area contributed by atoms with Gasteiger partial charge < -0.3 is 14.4 Å². The first-order chi connectivity index (χ1) is 25.1. The van der Waals surface area contributed by atoms with Crippen LogP contribution in [0.3, 0.4) is 0 Å². The Morgan fingerprint density at radius 2 is 1.70 bits per heavy atom. The van der Waals surface area contributed by atoms with Crippen LogP contribution in [-0.4, -0.2) is 15.0 Å². The number of fused-ring (bicyclic) bond motifs is 3. The van der Waals surface area contributed by atoms with Crippen molar-refractivity contribution in [3.63, 3.8) is 0 Å². The van der Waals surface area contributed by atoms with Crippen molar-refractivity contribution in [2.45, 2.75) is 53.7 Å². The molecule has 4 aromatic heterocycles. The maximum atomic E-state index is 7.75. The molecule has 0 bridgehead atoms. The van der Waals surface area contributed by atoms with E-state index < -0.39 is 20.6 Å². The number of hydrogen-bond donors (Lipinski definition) is 0. The molecule has 0 N–H and O–H groups in total. The molecule has 0 aliphatic carbocycles. The predicted octanol–water partition coefficient (Wildman–Crippen LogP) is 10.9. The van der Waals surface area contributed by atoms with Crippen molar-refractivity contribution in [1.29, 1.82) is 0 Å². The molecule has 0 saturated heterocycles. The Hall–Kier alpha value is -4.44. The molecule has 0 amide bonds.